The van der Waals surface area contributed by atoms with Crippen LogP contribution < -0.4 is 0 Å². The van der Waals surface area contributed by atoms with Crippen LogP contribution in [0.15, 0.2) is 30.3 Å². The Bertz CT molecular complexity index is 666. The number of amides is 1. The van der Waals surface area contributed by atoms with Crippen molar-refractivity contribution in [1.29, 1.82) is 0 Å². The Morgan fingerprint density at radius 2 is 1.78 bits per heavy atom. The molecule has 1 heterocycles. The molecule has 2 atom stereocenters. The number of hydrogen-bond donors (Lipinski definition) is 0. The molecule has 1 amide bonds. The molecule has 23 heavy (non-hydrogen) atoms. The summed E-state index contributed by atoms with van der Waals surface area (Å²) in [6, 6.07) is 10.2. The van der Waals surface area contributed by atoms with Gasteiger partial charge in [0, 0.05) is 32.1 Å². The molecule has 1 aliphatic heterocycles. The highest BCUT2D eigenvalue weighted by Gasteiger charge is 2.46. The average molecular weight is 336 g/mol. The maximum absolute atomic E-state index is 12.6. The van der Waals surface area contributed by atoms with Crippen molar-refractivity contribution in [2.75, 3.05) is 26.4 Å². The Morgan fingerprint density at radius 3 is 2.35 bits per heavy atom. The third-order valence-corrected chi connectivity index (χ3v) is 6.49. The summed E-state index contributed by atoms with van der Waals surface area (Å²) in [5.41, 5.74) is 1.25. The van der Waals surface area contributed by atoms with Crippen LogP contribution in [0.3, 0.4) is 0 Å². The van der Waals surface area contributed by atoms with Crippen molar-refractivity contribution in [3.63, 3.8) is 0 Å². The number of sulfonamides is 1. The minimum Gasteiger partial charge on any atom is -0.342 e. The predicted octanol–water partition coefficient (Wildman–Crippen LogP) is 1.67. The van der Waals surface area contributed by atoms with E-state index in [4.69, 9.17) is 0 Å². The first kappa shape index (κ1) is 16.5. The van der Waals surface area contributed by atoms with E-state index in [0.717, 1.165) is 19.3 Å². The van der Waals surface area contributed by atoms with Crippen LogP contribution in [0.5, 0.6) is 0 Å². The van der Waals surface area contributed by atoms with E-state index in [2.05, 4.69) is 12.1 Å². The Kier molecular flexibility index (Phi) is 4.47. The summed E-state index contributed by atoms with van der Waals surface area (Å²) < 4.78 is 24.7. The smallest absolute Gasteiger partial charge is 0.226 e. The van der Waals surface area contributed by atoms with E-state index in [1.807, 2.05) is 23.1 Å². The fourth-order valence-electron chi connectivity index (χ4n) is 3.49. The van der Waals surface area contributed by atoms with Gasteiger partial charge in [0.15, 0.2) is 0 Å². The van der Waals surface area contributed by atoms with Crippen LogP contribution in [-0.2, 0) is 14.8 Å². The van der Waals surface area contributed by atoms with Gasteiger partial charge in [-0.2, -0.15) is 0 Å². The molecule has 1 aromatic rings. The fraction of sp³-hybridized carbons (Fsp3) is 0.588. The van der Waals surface area contributed by atoms with Gasteiger partial charge in [-0.3, -0.25) is 4.79 Å². The van der Waals surface area contributed by atoms with E-state index in [0.29, 0.717) is 19.0 Å². The summed E-state index contributed by atoms with van der Waals surface area (Å²) in [6.07, 6.45) is 3.61. The third kappa shape index (κ3) is 3.58. The number of benzene rings is 1. The second-order valence-electron chi connectivity index (χ2n) is 6.70. The molecular formula is C17H24N2O3S. The van der Waals surface area contributed by atoms with Crippen LogP contribution in [0.25, 0.3) is 0 Å². The van der Waals surface area contributed by atoms with Gasteiger partial charge in [0.2, 0.25) is 15.9 Å². The number of nitrogens with zero attached hydrogens (tertiary/aromatic N) is 2. The lowest BCUT2D eigenvalue weighted by Crippen LogP contribution is -2.47. The van der Waals surface area contributed by atoms with Gasteiger partial charge in [0.05, 0.1) is 6.26 Å². The van der Waals surface area contributed by atoms with E-state index in [1.165, 1.54) is 16.1 Å². The molecule has 1 saturated carbocycles. The van der Waals surface area contributed by atoms with Gasteiger partial charge in [0.1, 0.15) is 0 Å². The number of rotatable bonds is 4. The summed E-state index contributed by atoms with van der Waals surface area (Å²) in [7, 11) is -1.53. The lowest BCUT2D eigenvalue weighted by atomic mass is 10.0. The van der Waals surface area contributed by atoms with Gasteiger partial charge in [-0.05, 0) is 30.7 Å². The largest absolute Gasteiger partial charge is 0.342 e. The molecule has 0 bridgehead atoms. The minimum absolute atomic E-state index is 0.0122. The maximum Gasteiger partial charge on any atom is 0.226 e. The zero-order valence-corrected chi connectivity index (χ0v) is 14.5. The topological polar surface area (TPSA) is 57.7 Å². The zero-order valence-electron chi connectivity index (χ0n) is 13.7. The predicted molar refractivity (Wildman–Crippen MR) is 89.5 cm³/mol. The Labute approximate surface area is 138 Å². The summed E-state index contributed by atoms with van der Waals surface area (Å²) in [5.74, 6) is 0.709. The van der Waals surface area contributed by atoms with Crippen molar-refractivity contribution in [2.45, 2.75) is 31.2 Å². The van der Waals surface area contributed by atoms with Crippen LogP contribution in [0.2, 0.25) is 0 Å². The molecule has 5 nitrogen and oxygen atoms in total. The van der Waals surface area contributed by atoms with Crippen molar-refractivity contribution in [2.24, 2.45) is 5.92 Å². The first-order chi connectivity index (χ1) is 10.9. The molecular weight excluding hydrogens is 312 g/mol. The van der Waals surface area contributed by atoms with Crippen LogP contribution in [-0.4, -0.2) is 56.0 Å². The first-order valence-corrected chi connectivity index (χ1v) is 9.99. The molecule has 1 saturated heterocycles. The summed E-state index contributed by atoms with van der Waals surface area (Å²) in [4.78, 5) is 14.5. The molecule has 2 fully saturated rings. The second kappa shape index (κ2) is 6.24. The first-order valence-electron chi connectivity index (χ1n) is 8.14. The van der Waals surface area contributed by atoms with Gasteiger partial charge in [-0.1, -0.05) is 30.3 Å². The minimum atomic E-state index is -3.16. The number of likely N-dealkylation sites (tertiary alicyclic amines) is 1. The highest BCUT2D eigenvalue weighted by Crippen LogP contribution is 2.48. The van der Waals surface area contributed by atoms with Gasteiger partial charge in [-0.25, -0.2) is 12.7 Å². The number of piperidine rings is 1. The lowest BCUT2D eigenvalue weighted by Gasteiger charge is -2.35. The quantitative estimate of drug-likeness (QED) is 0.840. The normalized spacial score (nSPS) is 25.6. The molecule has 126 valence electrons. The van der Waals surface area contributed by atoms with E-state index >= 15 is 0 Å². The Hall–Kier alpha value is -1.40. The van der Waals surface area contributed by atoms with Crippen LogP contribution in [0.4, 0.5) is 0 Å². The zero-order chi connectivity index (χ0) is 16.6. The van der Waals surface area contributed by atoms with E-state index in [-0.39, 0.29) is 17.9 Å². The molecule has 3 rings (SSSR count). The molecule has 1 aliphatic carbocycles. The number of hydrogen-bond acceptors (Lipinski definition) is 3. The highest BCUT2D eigenvalue weighted by molar-refractivity contribution is 7.88. The van der Waals surface area contributed by atoms with Crippen molar-refractivity contribution < 1.29 is 13.2 Å². The molecule has 0 radical (unpaired) electrons. The molecule has 1 aromatic carbocycles. The highest BCUT2D eigenvalue weighted by atomic mass is 32.2. The van der Waals surface area contributed by atoms with Crippen molar-refractivity contribution >= 4 is 15.9 Å². The molecule has 0 aromatic heterocycles. The van der Waals surface area contributed by atoms with Gasteiger partial charge < -0.3 is 4.90 Å². The van der Waals surface area contributed by atoms with Crippen molar-refractivity contribution in [3.8, 4) is 0 Å². The van der Waals surface area contributed by atoms with Gasteiger partial charge >= 0.3 is 0 Å². The Balaban J connectivity index is 1.54. The Morgan fingerprint density at radius 1 is 1.17 bits per heavy atom. The summed E-state index contributed by atoms with van der Waals surface area (Å²) >= 11 is 0. The van der Waals surface area contributed by atoms with Crippen LogP contribution in [0, 0.1) is 5.92 Å². The molecule has 2 aliphatic rings. The maximum atomic E-state index is 12.6. The third-order valence-electron chi connectivity index (χ3n) is 5.15. The molecule has 6 heteroatoms. The second-order valence-corrected chi connectivity index (χ2v) is 8.74. The SMILES string of the molecule is CN(C1CCN(C(=O)[C@H]2C[C@@H]2c2ccccc2)CC1)S(C)(=O)=O. The standard InChI is InChI=1S/C17H24N2O3S/c1-18(23(2,21)22)14-8-10-19(11-9-14)17(20)16-12-15(16)13-6-4-3-5-7-13/h3-7,14-16H,8-12H2,1-2H3/t15-,16+/m1/s1. The summed E-state index contributed by atoms with van der Waals surface area (Å²) in [6.45, 7) is 1.31. The van der Waals surface area contributed by atoms with E-state index < -0.39 is 10.0 Å². The monoisotopic (exact) mass is 336 g/mol. The number of carbonyl (C=O) groups excluding carboxylic acids is 1. The van der Waals surface area contributed by atoms with Gasteiger partial charge in [0.25, 0.3) is 0 Å². The van der Waals surface area contributed by atoms with Crippen molar-refractivity contribution in [3.05, 3.63) is 35.9 Å². The average Bonchev–Trinajstić information content (AvgIpc) is 3.34. The van der Waals surface area contributed by atoms with E-state index in [9.17, 15) is 13.2 Å². The molecule has 0 N–H and O–H groups in total. The molecule has 0 unspecified atom stereocenters. The number of carbonyl (C=O) groups is 1. The van der Waals surface area contributed by atoms with Crippen LogP contribution >= 0.6 is 0 Å². The lowest BCUT2D eigenvalue weighted by molar-refractivity contribution is -0.134. The van der Waals surface area contributed by atoms with Gasteiger partial charge in [-0.15, -0.1) is 0 Å². The van der Waals surface area contributed by atoms with E-state index in [1.54, 1.807) is 7.05 Å². The molecule has 0 spiro atoms. The summed E-state index contributed by atoms with van der Waals surface area (Å²) in [5, 5.41) is 0. The van der Waals surface area contributed by atoms with Crippen LogP contribution in [0.1, 0.15) is 30.7 Å². The van der Waals surface area contributed by atoms with Crippen molar-refractivity contribution in [1.82, 2.24) is 9.21 Å². The fourth-order valence-corrected chi connectivity index (χ4v) is 4.24.